The molecule has 1 aromatic heterocycles. The van der Waals surface area contributed by atoms with E-state index >= 15 is 0 Å². The van der Waals surface area contributed by atoms with Crippen LogP contribution in [0.2, 0.25) is 0 Å². The van der Waals surface area contributed by atoms with Crippen molar-refractivity contribution in [3.05, 3.63) is 11.8 Å². The number of aromatic nitrogens is 1. The van der Waals surface area contributed by atoms with Gasteiger partial charge in [-0.15, -0.1) is 0 Å². The van der Waals surface area contributed by atoms with E-state index in [1.54, 1.807) is 13.8 Å². The number of hydrogen-bond acceptors (Lipinski definition) is 7. The normalized spacial score (nSPS) is 24.0. The van der Waals surface area contributed by atoms with E-state index in [2.05, 4.69) is 36.6 Å². The summed E-state index contributed by atoms with van der Waals surface area (Å²) in [5.74, 6) is -0.568. The van der Waals surface area contributed by atoms with Crippen molar-refractivity contribution in [2.75, 3.05) is 11.9 Å². The van der Waals surface area contributed by atoms with Crippen LogP contribution in [0.15, 0.2) is 10.6 Å². The van der Waals surface area contributed by atoms with Gasteiger partial charge in [0, 0.05) is 6.07 Å². The van der Waals surface area contributed by atoms with Gasteiger partial charge in [-0.05, 0) is 50.4 Å². The van der Waals surface area contributed by atoms with Gasteiger partial charge in [-0.25, -0.2) is 4.79 Å². The smallest absolute Gasteiger partial charge is 0.327 e. The molecule has 2 N–H and O–H groups in total. The number of ether oxygens (including phenoxy) is 1. The van der Waals surface area contributed by atoms with Crippen LogP contribution in [0, 0.1) is 18.3 Å². The van der Waals surface area contributed by atoms with Gasteiger partial charge in [0.2, 0.25) is 0 Å². The first kappa shape index (κ1) is 24.7. The zero-order valence-corrected chi connectivity index (χ0v) is 20.0. The van der Waals surface area contributed by atoms with Gasteiger partial charge in [-0.2, -0.15) is 0 Å². The van der Waals surface area contributed by atoms with Gasteiger partial charge in [0.05, 0.1) is 0 Å². The van der Waals surface area contributed by atoms with E-state index in [9.17, 15) is 19.2 Å². The van der Waals surface area contributed by atoms with Crippen LogP contribution in [0.4, 0.5) is 10.6 Å². The Kier molecular flexibility index (Phi) is 7.14. The number of nitrogens with zero attached hydrogens (tertiary/aromatic N) is 2. The molecule has 1 unspecified atom stereocenters. The first-order chi connectivity index (χ1) is 15.5. The molecule has 182 valence electrons. The van der Waals surface area contributed by atoms with Gasteiger partial charge < -0.3 is 19.9 Å². The van der Waals surface area contributed by atoms with Crippen LogP contribution >= 0.6 is 0 Å². The summed E-state index contributed by atoms with van der Waals surface area (Å²) in [5, 5.41) is 9.01. The van der Waals surface area contributed by atoms with E-state index in [1.165, 1.54) is 6.07 Å². The van der Waals surface area contributed by atoms with Crippen LogP contribution in [0.25, 0.3) is 0 Å². The zero-order valence-electron chi connectivity index (χ0n) is 20.0. The van der Waals surface area contributed by atoms with E-state index in [1.807, 2.05) is 0 Å². The summed E-state index contributed by atoms with van der Waals surface area (Å²) in [6, 6.07) is 0.941. The molecule has 33 heavy (non-hydrogen) atoms. The average Bonchev–Trinajstić information content (AvgIpc) is 3.28. The number of aryl methyl sites for hydroxylation is 1. The number of anilines is 1. The number of carbonyl (C=O) groups excluding carboxylic acids is 4. The summed E-state index contributed by atoms with van der Waals surface area (Å²) in [6.45, 7) is 9.46. The first-order valence-electron chi connectivity index (χ1n) is 11.6. The van der Waals surface area contributed by atoms with Crippen LogP contribution in [-0.4, -0.2) is 52.1 Å². The molecule has 0 aromatic carbocycles. The standard InChI is InChI=1S/C23H34N4O6/c1-6-16(19(29)24-17-12-14(3)33-26-17)32-18(28)13-27-20(30)23(25-21(27)31)10-8-15(9-11-23)22(4,5)7-2/h12,15-16H,6-11,13H2,1-5H3,(H,25,31)(H,24,26,29). The first-order valence-corrected chi connectivity index (χ1v) is 11.6. The minimum atomic E-state index is -1.09. The van der Waals surface area contributed by atoms with Crippen molar-refractivity contribution >= 4 is 29.6 Å². The quantitative estimate of drug-likeness (QED) is 0.448. The lowest BCUT2D eigenvalue weighted by atomic mass is 9.65. The third-order valence-corrected chi connectivity index (χ3v) is 7.20. The Morgan fingerprint density at radius 3 is 2.55 bits per heavy atom. The molecule has 1 aromatic rings. The average molecular weight is 463 g/mol. The van der Waals surface area contributed by atoms with Crippen molar-refractivity contribution in [3.8, 4) is 0 Å². The van der Waals surface area contributed by atoms with Gasteiger partial charge in [0.25, 0.3) is 11.8 Å². The number of amides is 4. The fourth-order valence-corrected chi connectivity index (χ4v) is 4.62. The Balaban J connectivity index is 1.58. The minimum absolute atomic E-state index is 0.178. The molecule has 0 bridgehead atoms. The molecule has 10 heteroatoms. The largest absolute Gasteiger partial charge is 0.451 e. The fourth-order valence-electron chi connectivity index (χ4n) is 4.62. The molecule has 0 radical (unpaired) electrons. The predicted molar refractivity (Wildman–Crippen MR) is 119 cm³/mol. The van der Waals surface area contributed by atoms with Crippen LogP contribution < -0.4 is 10.6 Å². The SMILES string of the molecule is CCC(OC(=O)CN1C(=O)NC2(CCC(C(C)(C)CC)CC2)C1=O)C(=O)Nc1cc(C)on1. The second-order valence-corrected chi connectivity index (χ2v) is 9.72. The molecule has 1 aliphatic heterocycles. The van der Waals surface area contributed by atoms with E-state index < -0.39 is 42.0 Å². The van der Waals surface area contributed by atoms with E-state index in [0.717, 1.165) is 24.2 Å². The Morgan fingerprint density at radius 1 is 1.33 bits per heavy atom. The summed E-state index contributed by atoms with van der Waals surface area (Å²) in [6.07, 6.45) is 2.95. The highest BCUT2D eigenvalue weighted by atomic mass is 16.5. The van der Waals surface area contributed by atoms with E-state index in [0.29, 0.717) is 24.5 Å². The molecule has 1 atom stereocenters. The molecule has 4 amide bonds. The van der Waals surface area contributed by atoms with Crippen molar-refractivity contribution in [3.63, 3.8) is 0 Å². The minimum Gasteiger partial charge on any atom is -0.451 e. The Morgan fingerprint density at radius 2 is 2.00 bits per heavy atom. The number of esters is 1. The molecule has 10 nitrogen and oxygen atoms in total. The molecule has 2 aliphatic rings. The highest BCUT2D eigenvalue weighted by Gasteiger charge is 2.54. The van der Waals surface area contributed by atoms with Crippen molar-refractivity contribution in [1.82, 2.24) is 15.4 Å². The lowest BCUT2D eigenvalue weighted by molar-refractivity contribution is -0.156. The summed E-state index contributed by atoms with van der Waals surface area (Å²) in [4.78, 5) is 51.5. The van der Waals surface area contributed by atoms with Crippen LogP contribution in [0.5, 0.6) is 0 Å². The third kappa shape index (κ3) is 5.20. The highest BCUT2D eigenvalue weighted by Crippen LogP contribution is 2.45. The number of urea groups is 1. The van der Waals surface area contributed by atoms with Gasteiger partial charge in [-0.3, -0.25) is 19.3 Å². The lowest BCUT2D eigenvalue weighted by Gasteiger charge is -2.42. The number of nitrogens with one attached hydrogen (secondary N) is 2. The van der Waals surface area contributed by atoms with E-state index in [-0.39, 0.29) is 17.7 Å². The predicted octanol–water partition coefficient (Wildman–Crippen LogP) is 3.16. The molecular weight excluding hydrogens is 428 g/mol. The second-order valence-electron chi connectivity index (χ2n) is 9.72. The van der Waals surface area contributed by atoms with Crippen LogP contribution in [0.3, 0.4) is 0 Å². The molecule has 2 fully saturated rings. The zero-order chi connectivity index (χ0) is 24.4. The van der Waals surface area contributed by atoms with Crippen molar-refractivity contribution in [1.29, 1.82) is 0 Å². The molecule has 1 spiro atoms. The lowest BCUT2D eigenvalue weighted by Crippen LogP contribution is -2.51. The monoisotopic (exact) mass is 462 g/mol. The van der Waals surface area contributed by atoms with Crippen molar-refractivity contribution in [2.24, 2.45) is 11.3 Å². The number of carbonyl (C=O) groups is 4. The molecule has 2 heterocycles. The van der Waals surface area contributed by atoms with Gasteiger partial charge in [0.15, 0.2) is 11.9 Å². The molecule has 3 rings (SSSR count). The second kappa shape index (κ2) is 9.52. The number of imide groups is 1. The van der Waals surface area contributed by atoms with Crippen molar-refractivity contribution < 1.29 is 28.4 Å². The molecular formula is C23H34N4O6. The molecule has 1 saturated carbocycles. The van der Waals surface area contributed by atoms with Crippen LogP contribution in [-0.2, 0) is 19.1 Å². The maximum atomic E-state index is 13.1. The van der Waals surface area contributed by atoms with E-state index in [4.69, 9.17) is 9.26 Å². The molecule has 1 saturated heterocycles. The topological polar surface area (TPSA) is 131 Å². The van der Waals surface area contributed by atoms with Crippen molar-refractivity contribution in [2.45, 2.75) is 84.8 Å². The van der Waals surface area contributed by atoms with Gasteiger partial charge >= 0.3 is 12.0 Å². The maximum absolute atomic E-state index is 13.1. The Hall–Kier alpha value is -2.91. The Labute approximate surface area is 193 Å². The van der Waals surface area contributed by atoms with Gasteiger partial charge in [-0.1, -0.05) is 39.3 Å². The third-order valence-electron chi connectivity index (χ3n) is 7.20. The Bertz CT molecular complexity index is 916. The summed E-state index contributed by atoms with van der Waals surface area (Å²) < 4.78 is 10.2. The summed E-state index contributed by atoms with van der Waals surface area (Å²) in [5.41, 5.74) is -0.777. The highest BCUT2D eigenvalue weighted by molar-refractivity contribution is 6.08. The summed E-state index contributed by atoms with van der Waals surface area (Å²) in [7, 11) is 0. The number of hydrogen-bond donors (Lipinski definition) is 2. The van der Waals surface area contributed by atoms with Gasteiger partial charge in [0.1, 0.15) is 17.8 Å². The van der Waals surface area contributed by atoms with Crippen LogP contribution in [0.1, 0.15) is 72.0 Å². The summed E-state index contributed by atoms with van der Waals surface area (Å²) >= 11 is 0. The maximum Gasteiger partial charge on any atom is 0.327 e. The number of rotatable bonds is 8. The molecule has 1 aliphatic carbocycles. The fraction of sp³-hybridized carbons (Fsp3) is 0.696.